The molecule has 126 valence electrons. The lowest BCUT2D eigenvalue weighted by atomic mass is 10.1. The van der Waals surface area contributed by atoms with Gasteiger partial charge in [0.05, 0.1) is 0 Å². The summed E-state index contributed by atoms with van der Waals surface area (Å²) in [6.45, 7) is 0. The van der Waals surface area contributed by atoms with E-state index in [0.717, 1.165) is 22.6 Å². The molecule has 0 saturated carbocycles. The van der Waals surface area contributed by atoms with E-state index in [2.05, 4.69) is 10.6 Å². The largest absolute Gasteiger partial charge is 0.356 e. The van der Waals surface area contributed by atoms with E-state index < -0.39 is 0 Å². The van der Waals surface area contributed by atoms with E-state index in [1.54, 1.807) is 0 Å². The minimum atomic E-state index is -0.0244. The smallest absolute Gasteiger partial charge is 0.224 e. The summed E-state index contributed by atoms with van der Waals surface area (Å²) in [4.78, 5) is 12.1. The van der Waals surface area contributed by atoms with Crippen molar-refractivity contribution in [1.82, 2.24) is 0 Å². The molecule has 0 aliphatic rings. The topological polar surface area (TPSA) is 41.1 Å². The first-order valence-electron chi connectivity index (χ1n) is 8.16. The van der Waals surface area contributed by atoms with Gasteiger partial charge in [-0.25, -0.2) is 0 Å². The van der Waals surface area contributed by atoms with Crippen LogP contribution in [0.3, 0.4) is 0 Å². The van der Waals surface area contributed by atoms with Gasteiger partial charge in [0.25, 0.3) is 0 Å². The molecule has 3 nitrogen and oxygen atoms in total. The van der Waals surface area contributed by atoms with Crippen molar-refractivity contribution in [2.45, 2.75) is 12.8 Å². The summed E-state index contributed by atoms with van der Waals surface area (Å²) in [5.74, 6) is -0.0244. The number of benzene rings is 3. The van der Waals surface area contributed by atoms with Gasteiger partial charge in [-0.05, 0) is 54.4 Å². The first kappa shape index (κ1) is 17.1. The van der Waals surface area contributed by atoms with Crippen molar-refractivity contribution in [3.8, 4) is 0 Å². The maximum atomic E-state index is 12.1. The van der Waals surface area contributed by atoms with Gasteiger partial charge in [0, 0.05) is 28.5 Å². The standard InChI is InChI=1S/C21H19ClN2O/c22-20-9-5-4-6-16(20)10-15-21(25)24-19-13-11-18(12-14-19)23-17-7-2-1-3-8-17/h1-9,11-14,23H,10,15H2,(H,24,25). The average molecular weight is 351 g/mol. The third-order valence-electron chi connectivity index (χ3n) is 3.81. The quantitative estimate of drug-likeness (QED) is 0.602. The molecule has 4 heteroatoms. The summed E-state index contributed by atoms with van der Waals surface area (Å²) in [5.41, 5.74) is 3.77. The summed E-state index contributed by atoms with van der Waals surface area (Å²) in [5, 5.41) is 6.92. The number of rotatable bonds is 6. The Bertz CT molecular complexity index is 832. The molecule has 0 aromatic heterocycles. The molecule has 0 atom stereocenters. The lowest BCUT2D eigenvalue weighted by molar-refractivity contribution is -0.116. The van der Waals surface area contributed by atoms with E-state index >= 15 is 0 Å². The minimum absolute atomic E-state index is 0.0244. The normalized spacial score (nSPS) is 10.3. The Balaban J connectivity index is 1.52. The molecule has 3 aromatic rings. The van der Waals surface area contributed by atoms with Crippen LogP contribution in [0.25, 0.3) is 0 Å². The number of hydrogen-bond donors (Lipinski definition) is 2. The van der Waals surface area contributed by atoms with Crippen molar-refractivity contribution in [1.29, 1.82) is 0 Å². The second-order valence-electron chi connectivity index (χ2n) is 5.71. The van der Waals surface area contributed by atoms with Gasteiger partial charge in [-0.1, -0.05) is 48.0 Å². The van der Waals surface area contributed by atoms with E-state index in [1.807, 2.05) is 78.9 Å². The highest BCUT2D eigenvalue weighted by Crippen LogP contribution is 2.20. The number of anilines is 3. The molecule has 0 heterocycles. The van der Waals surface area contributed by atoms with E-state index in [-0.39, 0.29) is 5.91 Å². The van der Waals surface area contributed by atoms with Crippen LogP contribution in [0.4, 0.5) is 17.1 Å². The fourth-order valence-electron chi connectivity index (χ4n) is 2.50. The van der Waals surface area contributed by atoms with Crippen molar-refractivity contribution in [3.05, 3.63) is 89.4 Å². The van der Waals surface area contributed by atoms with Crippen LogP contribution in [-0.2, 0) is 11.2 Å². The number of halogens is 1. The lowest BCUT2D eigenvalue weighted by Gasteiger charge is -2.09. The molecular weight excluding hydrogens is 332 g/mol. The van der Waals surface area contributed by atoms with Crippen molar-refractivity contribution < 1.29 is 4.79 Å². The molecule has 0 radical (unpaired) electrons. The Morgan fingerprint density at radius 2 is 1.36 bits per heavy atom. The van der Waals surface area contributed by atoms with Crippen molar-refractivity contribution in [2.75, 3.05) is 10.6 Å². The molecule has 0 bridgehead atoms. The van der Waals surface area contributed by atoms with Crippen LogP contribution in [0, 0.1) is 0 Å². The van der Waals surface area contributed by atoms with Gasteiger partial charge in [-0.3, -0.25) is 4.79 Å². The average Bonchev–Trinajstić information content (AvgIpc) is 2.64. The number of para-hydroxylation sites is 1. The highest BCUT2D eigenvalue weighted by Gasteiger charge is 2.05. The predicted octanol–water partition coefficient (Wildman–Crippen LogP) is 5.65. The molecule has 0 saturated heterocycles. The molecule has 3 rings (SSSR count). The minimum Gasteiger partial charge on any atom is -0.356 e. The van der Waals surface area contributed by atoms with Crippen LogP contribution in [0.5, 0.6) is 0 Å². The van der Waals surface area contributed by atoms with Gasteiger partial charge in [0.15, 0.2) is 0 Å². The number of aryl methyl sites for hydroxylation is 1. The second-order valence-corrected chi connectivity index (χ2v) is 6.12. The summed E-state index contributed by atoms with van der Waals surface area (Å²) in [6, 6.07) is 25.2. The van der Waals surface area contributed by atoms with Crippen molar-refractivity contribution in [2.24, 2.45) is 0 Å². The highest BCUT2D eigenvalue weighted by atomic mass is 35.5. The lowest BCUT2D eigenvalue weighted by Crippen LogP contribution is -2.12. The molecule has 0 aliphatic heterocycles. The van der Waals surface area contributed by atoms with Crippen molar-refractivity contribution >= 4 is 34.6 Å². The number of carbonyl (C=O) groups is 1. The molecule has 0 unspecified atom stereocenters. The Kier molecular flexibility index (Phi) is 5.70. The molecule has 0 fully saturated rings. The monoisotopic (exact) mass is 350 g/mol. The number of nitrogens with one attached hydrogen (secondary N) is 2. The van der Waals surface area contributed by atoms with Crippen LogP contribution in [0.1, 0.15) is 12.0 Å². The molecular formula is C21H19ClN2O. The van der Waals surface area contributed by atoms with Gasteiger partial charge >= 0.3 is 0 Å². The van der Waals surface area contributed by atoms with E-state index in [4.69, 9.17) is 11.6 Å². The summed E-state index contributed by atoms with van der Waals surface area (Å²) in [7, 11) is 0. The SMILES string of the molecule is O=C(CCc1ccccc1Cl)Nc1ccc(Nc2ccccc2)cc1. The molecule has 0 aliphatic carbocycles. The molecule has 3 aromatic carbocycles. The van der Waals surface area contributed by atoms with Gasteiger partial charge in [-0.15, -0.1) is 0 Å². The summed E-state index contributed by atoms with van der Waals surface area (Å²) in [6.07, 6.45) is 1.02. The zero-order chi connectivity index (χ0) is 17.5. The van der Waals surface area contributed by atoms with Crippen LogP contribution in [0.15, 0.2) is 78.9 Å². The zero-order valence-electron chi connectivity index (χ0n) is 13.7. The Morgan fingerprint density at radius 1 is 0.760 bits per heavy atom. The summed E-state index contributed by atoms with van der Waals surface area (Å²) < 4.78 is 0. The molecule has 0 spiro atoms. The van der Waals surface area contributed by atoms with Crippen LogP contribution < -0.4 is 10.6 Å². The number of amides is 1. The van der Waals surface area contributed by atoms with E-state index in [0.29, 0.717) is 17.9 Å². The van der Waals surface area contributed by atoms with Crippen LogP contribution in [-0.4, -0.2) is 5.91 Å². The first-order chi connectivity index (χ1) is 12.2. The Morgan fingerprint density at radius 3 is 2.08 bits per heavy atom. The van der Waals surface area contributed by atoms with Crippen LogP contribution in [0.2, 0.25) is 5.02 Å². The maximum Gasteiger partial charge on any atom is 0.224 e. The van der Waals surface area contributed by atoms with Crippen LogP contribution >= 0.6 is 11.6 Å². The van der Waals surface area contributed by atoms with Gasteiger partial charge in [-0.2, -0.15) is 0 Å². The van der Waals surface area contributed by atoms with Gasteiger partial charge < -0.3 is 10.6 Å². The molecule has 25 heavy (non-hydrogen) atoms. The Labute approximate surface area is 152 Å². The second kappa shape index (κ2) is 8.36. The van der Waals surface area contributed by atoms with Gasteiger partial charge in [0.1, 0.15) is 0 Å². The first-order valence-corrected chi connectivity index (χ1v) is 8.54. The fourth-order valence-corrected chi connectivity index (χ4v) is 2.73. The number of carbonyl (C=O) groups excluding carboxylic acids is 1. The van der Waals surface area contributed by atoms with Gasteiger partial charge in [0.2, 0.25) is 5.91 Å². The number of hydrogen-bond acceptors (Lipinski definition) is 2. The highest BCUT2D eigenvalue weighted by molar-refractivity contribution is 6.31. The Hall–Kier alpha value is -2.78. The third kappa shape index (κ3) is 5.10. The van der Waals surface area contributed by atoms with E-state index in [9.17, 15) is 4.79 Å². The zero-order valence-corrected chi connectivity index (χ0v) is 14.5. The van der Waals surface area contributed by atoms with E-state index in [1.165, 1.54) is 0 Å². The predicted molar refractivity (Wildman–Crippen MR) is 105 cm³/mol. The third-order valence-corrected chi connectivity index (χ3v) is 4.18. The summed E-state index contributed by atoms with van der Waals surface area (Å²) >= 11 is 6.11. The maximum absolute atomic E-state index is 12.1. The molecule has 1 amide bonds. The van der Waals surface area contributed by atoms with Crippen molar-refractivity contribution in [3.63, 3.8) is 0 Å². The fraction of sp³-hybridized carbons (Fsp3) is 0.0952. The molecule has 2 N–H and O–H groups in total.